The van der Waals surface area contributed by atoms with E-state index in [0.717, 1.165) is 0 Å². The second-order valence-electron chi connectivity index (χ2n) is 2.01. The van der Waals surface area contributed by atoms with Crippen molar-refractivity contribution in [3.8, 4) is 0 Å². The van der Waals surface area contributed by atoms with Gasteiger partial charge < -0.3 is 9.90 Å². The van der Waals surface area contributed by atoms with Crippen LogP contribution in [0.4, 0.5) is 17.6 Å². The quantitative estimate of drug-likeness (QED) is 0.471. The monoisotopic (exact) mass is 185 g/mol. The summed E-state index contributed by atoms with van der Waals surface area (Å²) in [5.41, 5.74) is 0. The molecule has 6 heteroatoms. The number of carbonyl (C=O) groups excluding carboxylic acids is 1. The molecule has 12 heavy (non-hydrogen) atoms. The zero-order valence-corrected chi connectivity index (χ0v) is 5.77. The second kappa shape index (κ2) is 3.55. The summed E-state index contributed by atoms with van der Waals surface area (Å²) < 4.78 is 47.5. The van der Waals surface area contributed by atoms with Gasteiger partial charge in [0.2, 0.25) is 0 Å². The molecule has 1 atom stereocenters. The van der Waals surface area contributed by atoms with Crippen molar-refractivity contribution in [2.45, 2.75) is 12.3 Å². The van der Waals surface area contributed by atoms with Crippen LogP contribution in [0.5, 0.6) is 0 Å². The number of carboxylic acid groups (broad SMARTS) is 1. The van der Waals surface area contributed by atoms with Crippen LogP contribution >= 0.6 is 0 Å². The fourth-order valence-corrected chi connectivity index (χ4v) is 0.546. The molecule has 70 valence electrons. The van der Waals surface area contributed by atoms with E-state index in [-0.39, 0.29) is 6.08 Å². The lowest BCUT2D eigenvalue weighted by molar-refractivity contribution is -0.320. The van der Waals surface area contributed by atoms with E-state index >= 15 is 0 Å². The summed E-state index contributed by atoms with van der Waals surface area (Å²) in [6, 6.07) is 0. The molecule has 0 spiro atoms. The van der Waals surface area contributed by atoms with Crippen LogP contribution in [0.1, 0.15) is 0 Å². The molecule has 0 saturated carbocycles. The van der Waals surface area contributed by atoms with E-state index in [2.05, 4.69) is 6.58 Å². The average molecular weight is 185 g/mol. The van der Waals surface area contributed by atoms with Gasteiger partial charge >= 0.3 is 12.3 Å². The normalized spacial score (nSPS) is 14.4. The zero-order chi connectivity index (χ0) is 9.94. The lowest BCUT2D eigenvalue weighted by Gasteiger charge is -2.23. The van der Waals surface area contributed by atoms with Crippen LogP contribution in [-0.4, -0.2) is 18.3 Å². The average Bonchev–Trinajstić information content (AvgIpc) is 1.86. The summed E-state index contributed by atoms with van der Waals surface area (Å²) in [6.45, 7) is 2.70. The van der Waals surface area contributed by atoms with Gasteiger partial charge in [-0.25, -0.2) is 8.78 Å². The third kappa shape index (κ3) is 1.96. The topological polar surface area (TPSA) is 40.1 Å². The molecule has 0 fully saturated rings. The van der Waals surface area contributed by atoms with Crippen molar-refractivity contribution in [3.05, 3.63) is 12.7 Å². The number of carboxylic acids is 1. The number of hydrogen-bond donors (Lipinski definition) is 0. The molecule has 0 aliphatic rings. The van der Waals surface area contributed by atoms with E-state index in [9.17, 15) is 27.5 Å². The van der Waals surface area contributed by atoms with Gasteiger partial charge in [-0.3, -0.25) is 0 Å². The Bertz CT molecular complexity index is 190. The maximum absolute atomic E-state index is 12.2. The predicted molar refractivity (Wildman–Crippen MR) is 29.6 cm³/mol. The Labute approximate surface area is 65.5 Å². The van der Waals surface area contributed by atoms with Crippen LogP contribution in [0.15, 0.2) is 12.7 Å². The fraction of sp³-hybridized carbons (Fsp3) is 0.500. The Balaban J connectivity index is 4.71. The summed E-state index contributed by atoms with van der Waals surface area (Å²) in [5, 5.41) is 9.89. The van der Waals surface area contributed by atoms with E-state index in [1.165, 1.54) is 0 Å². The molecule has 0 aliphatic carbocycles. The molecule has 0 radical (unpaired) electrons. The Morgan fingerprint density at radius 3 is 2.00 bits per heavy atom. The third-order valence-electron chi connectivity index (χ3n) is 1.20. The van der Waals surface area contributed by atoms with Gasteiger partial charge in [0.25, 0.3) is 0 Å². The predicted octanol–water partition coefficient (Wildman–Crippen LogP) is 0.439. The zero-order valence-electron chi connectivity index (χ0n) is 5.77. The van der Waals surface area contributed by atoms with Gasteiger partial charge in [0.1, 0.15) is 0 Å². The summed E-state index contributed by atoms with van der Waals surface area (Å²) in [6.07, 6.45) is -3.82. The first-order chi connectivity index (χ1) is 5.34. The highest BCUT2D eigenvalue weighted by Crippen LogP contribution is 2.31. The van der Waals surface area contributed by atoms with Crippen molar-refractivity contribution in [2.75, 3.05) is 0 Å². The molecule has 0 saturated heterocycles. The lowest BCUT2D eigenvalue weighted by Crippen LogP contribution is -2.45. The van der Waals surface area contributed by atoms with Gasteiger partial charge in [-0.1, -0.05) is 6.08 Å². The van der Waals surface area contributed by atoms with Crippen molar-refractivity contribution in [1.82, 2.24) is 0 Å². The molecule has 0 aromatic heterocycles. The van der Waals surface area contributed by atoms with Crippen molar-refractivity contribution in [3.63, 3.8) is 0 Å². The van der Waals surface area contributed by atoms with Gasteiger partial charge in [0, 0.05) is 0 Å². The Hall–Kier alpha value is -1.07. The SMILES string of the molecule is C=CC(C(=O)[O-])C(F)(F)C(F)F. The van der Waals surface area contributed by atoms with Gasteiger partial charge in [0.15, 0.2) is 0 Å². The summed E-state index contributed by atoms with van der Waals surface area (Å²) in [4.78, 5) is 9.89. The minimum Gasteiger partial charge on any atom is -0.549 e. The first-order valence-electron chi connectivity index (χ1n) is 2.83. The summed E-state index contributed by atoms with van der Waals surface area (Å²) >= 11 is 0. The lowest BCUT2D eigenvalue weighted by atomic mass is 10.0. The molecule has 0 heterocycles. The highest BCUT2D eigenvalue weighted by Gasteiger charge is 2.47. The highest BCUT2D eigenvalue weighted by atomic mass is 19.3. The number of alkyl halides is 4. The van der Waals surface area contributed by atoms with Gasteiger partial charge in [0.05, 0.1) is 11.9 Å². The fourth-order valence-electron chi connectivity index (χ4n) is 0.546. The molecule has 0 amide bonds. The molecule has 0 rings (SSSR count). The minimum atomic E-state index is -4.62. The van der Waals surface area contributed by atoms with Crippen molar-refractivity contribution >= 4 is 5.97 Å². The van der Waals surface area contributed by atoms with Crippen molar-refractivity contribution < 1.29 is 27.5 Å². The molecule has 2 nitrogen and oxygen atoms in total. The Morgan fingerprint density at radius 2 is 1.92 bits per heavy atom. The Kier molecular flexibility index (Phi) is 3.24. The molecule has 0 aliphatic heterocycles. The largest absolute Gasteiger partial charge is 0.549 e. The van der Waals surface area contributed by atoms with Crippen LogP contribution in [0.2, 0.25) is 0 Å². The van der Waals surface area contributed by atoms with E-state index in [0.29, 0.717) is 0 Å². The van der Waals surface area contributed by atoms with Crippen LogP contribution in [0.25, 0.3) is 0 Å². The summed E-state index contributed by atoms with van der Waals surface area (Å²) in [7, 11) is 0. The van der Waals surface area contributed by atoms with Gasteiger partial charge in [-0.05, 0) is 0 Å². The number of carbonyl (C=O) groups is 1. The molecule has 0 bridgehead atoms. The number of halogens is 4. The van der Waals surface area contributed by atoms with Crippen LogP contribution in [0.3, 0.4) is 0 Å². The van der Waals surface area contributed by atoms with Crippen LogP contribution in [0, 0.1) is 5.92 Å². The van der Waals surface area contributed by atoms with E-state index in [4.69, 9.17) is 0 Å². The third-order valence-corrected chi connectivity index (χ3v) is 1.20. The van der Waals surface area contributed by atoms with Crippen molar-refractivity contribution in [1.29, 1.82) is 0 Å². The number of hydrogen-bond acceptors (Lipinski definition) is 2. The van der Waals surface area contributed by atoms with Gasteiger partial charge in [-0.2, -0.15) is 8.78 Å². The molecule has 0 N–H and O–H groups in total. The highest BCUT2D eigenvalue weighted by molar-refractivity contribution is 5.71. The first-order valence-corrected chi connectivity index (χ1v) is 2.83. The standard InChI is InChI=1S/C6H6F4O2/c1-2-3(4(11)12)6(9,10)5(7)8/h2-3,5H,1H2,(H,11,12)/p-1. The molecular formula is C6H5F4O2-. The summed E-state index contributed by atoms with van der Waals surface area (Å²) in [5.74, 6) is -9.55. The van der Waals surface area contributed by atoms with Gasteiger partial charge in [-0.15, -0.1) is 6.58 Å². The number of aliphatic carboxylic acids is 1. The van der Waals surface area contributed by atoms with E-state index < -0.39 is 24.2 Å². The molecule has 0 aromatic rings. The van der Waals surface area contributed by atoms with Crippen LogP contribution < -0.4 is 5.11 Å². The first kappa shape index (κ1) is 10.9. The Morgan fingerprint density at radius 1 is 1.50 bits per heavy atom. The second-order valence-corrected chi connectivity index (χ2v) is 2.01. The maximum Gasteiger partial charge on any atom is 0.318 e. The van der Waals surface area contributed by atoms with Crippen molar-refractivity contribution in [2.24, 2.45) is 5.92 Å². The minimum absolute atomic E-state index is 0.224. The molecule has 1 unspecified atom stereocenters. The molecule has 0 aromatic carbocycles. The van der Waals surface area contributed by atoms with Crippen LogP contribution in [-0.2, 0) is 4.79 Å². The maximum atomic E-state index is 12.2. The van der Waals surface area contributed by atoms with E-state index in [1.807, 2.05) is 0 Å². The van der Waals surface area contributed by atoms with E-state index in [1.54, 1.807) is 0 Å². The smallest absolute Gasteiger partial charge is 0.318 e. The molecular weight excluding hydrogens is 180 g/mol. The number of rotatable bonds is 4.